The van der Waals surface area contributed by atoms with Crippen LogP contribution < -0.4 is 0 Å². The molecule has 1 aliphatic heterocycles. The molecule has 1 saturated heterocycles. The highest BCUT2D eigenvalue weighted by Crippen LogP contribution is 2.25. The van der Waals surface area contributed by atoms with E-state index >= 15 is 0 Å². The van der Waals surface area contributed by atoms with E-state index in [4.69, 9.17) is 4.74 Å². The first-order valence-corrected chi connectivity index (χ1v) is 6.50. The van der Waals surface area contributed by atoms with Crippen molar-refractivity contribution < 1.29 is 19.2 Å². The van der Waals surface area contributed by atoms with Gasteiger partial charge in [-0.05, 0) is 0 Å². The van der Waals surface area contributed by atoms with Crippen LogP contribution in [0.15, 0.2) is 36.0 Å². The lowest BCUT2D eigenvalue weighted by Crippen LogP contribution is -2.37. The van der Waals surface area contributed by atoms with Gasteiger partial charge in [-0.15, -0.1) is 0 Å². The number of morpholine rings is 1. The Morgan fingerprint density at radius 3 is 2.43 bits per heavy atom. The summed E-state index contributed by atoms with van der Waals surface area (Å²) in [7, 11) is 1.13. The molecule has 0 unspecified atom stereocenters. The number of nitro groups is 1. The van der Waals surface area contributed by atoms with Crippen molar-refractivity contribution in [2.75, 3.05) is 33.4 Å². The minimum atomic E-state index is -0.953. The number of hydrogen-bond acceptors (Lipinski definition) is 6. The summed E-state index contributed by atoms with van der Waals surface area (Å²) in [6, 6.07) is 8.81. The molecule has 1 fully saturated rings. The Labute approximate surface area is 121 Å². The molecule has 0 saturated carbocycles. The molecule has 7 nitrogen and oxygen atoms in total. The minimum Gasteiger partial charge on any atom is -0.461 e. The van der Waals surface area contributed by atoms with Crippen molar-refractivity contribution in [2.24, 2.45) is 0 Å². The summed E-state index contributed by atoms with van der Waals surface area (Å²) in [5.41, 5.74) is 0.331. The topological polar surface area (TPSA) is 81.9 Å². The summed E-state index contributed by atoms with van der Waals surface area (Å²) in [4.78, 5) is 24.3. The normalized spacial score (nSPS) is 16.1. The van der Waals surface area contributed by atoms with Crippen molar-refractivity contribution in [3.63, 3.8) is 0 Å². The summed E-state index contributed by atoms with van der Waals surface area (Å²) in [6.45, 7) is 1.89. The van der Waals surface area contributed by atoms with Crippen LogP contribution in [0.1, 0.15) is 5.56 Å². The fourth-order valence-electron chi connectivity index (χ4n) is 2.21. The van der Waals surface area contributed by atoms with E-state index in [9.17, 15) is 14.9 Å². The Hall–Kier alpha value is -2.41. The average molecular weight is 292 g/mol. The second-order valence-corrected chi connectivity index (χ2v) is 4.41. The number of rotatable bonds is 4. The smallest absolute Gasteiger partial charge is 0.411 e. The van der Waals surface area contributed by atoms with Crippen LogP contribution in [0.2, 0.25) is 0 Å². The van der Waals surface area contributed by atoms with Crippen LogP contribution in [0.25, 0.3) is 5.70 Å². The van der Waals surface area contributed by atoms with Gasteiger partial charge < -0.3 is 14.4 Å². The Kier molecular flexibility index (Phi) is 4.89. The molecule has 1 aliphatic rings. The third-order valence-electron chi connectivity index (χ3n) is 3.16. The molecule has 21 heavy (non-hydrogen) atoms. The number of carbonyl (C=O) groups is 1. The van der Waals surface area contributed by atoms with E-state index in [1.54, 1.807) is 29.2 Å². The van der Waals surface area contributed by atoms with E-state index in [0.29, 0.717) is 31.9 Å². The van der Waals surface area contributed by atoms with E-state index in [0.717, 1.165) is 7.11 Å². The Morgan fingerprint density at radius 1 is 1.29 bits per heavy atom. The zero-order chi connectivity index (χ0) is 15.2. The number of esters is 1. The van der Waals surface area contributed by atoms with Gasteiger partial charge in [0.05, 0.1) is 25.2 Å². The zero-order valence-electron chi connectivity index (χ0n) is 11.7. The van der Waals surface area contributed by atoms with Crippen molar-refractivity contribution in [2.45, 2.75) is 0 Å². The maximum atomic E-state index is 11.8. The van der Waals surface area contributed by atoms with Crippen LogP contribution in [0.4, 0.5) is 0 Å². The molecule has 112 valence electrons. The molecular weight excluding hydrogens is 276 g/mol. The second-order valence-electron chi connectivity index (χ2n) is 4.41. The summed E-state index contributed by atoms with van der Waals surface area (Å²) in [5, 5.41) is 11.3. The largest absolute Gasteiger partial charge is 0.461 e. The third kappa shape index (κ3) is 3.38. The molecule has 0 aliphatic carbocycles. The number of nitrogens with zero attached hydrogens (tertiary/aromatic N) is 2. The highest BCUT2D eigenvalue weighted by molar-refractivity contribution is 5.94. The molecule has 0 bridgehead atoms. The Bertz CT molecular complexity index is 550. The first-order chi connectivity index (χ1) is 10.1. The number of hydrogen-bond donors (Lipinski definition) is 0. The van der Waals surface area contributed by atoms with Crippen LogP contribution in [0.3, 0.4) is 0 Å². The van der Waals surface area contributed by atoms with Gasteiger partial charge in [0.25, 0.3) is 0 Å². The van der Waals surface area contributed by atoms with Crippen molar-refractivity contribution in [1.29, 1.82) is 0 Å². The molecule has 7 heteroatoms. The highest BCUT2D eigenvalue weighted by atomic mass is 16.6. The SMILES string of the molecule is COC(=O)/C(=C(\c1ccccc1)N1CCOCC1)[N+](=O)[O-]. The minimum absolute atomic E-state index is 0.274. The Morgan fingerprint density at radius 2 is 1.90 bits per heavy atom. The van der Waals surface area contributed by atoms with Gasteiger partial charge >= 0.3 is 11.7 Å². The predicted octanol–water partition coefficient (Wildman–Crippen LogP) is 1.14. The maximum Gasteiger partial charge on any atom is 0.411 e. The monoisotopic (exact) mass is 292 g/mol. The molecule has 0 aromatic heterocycles. The summed E-state index contributed by atoms with van der Waals surface area (Å²) in [6.07, 6.45) is 0. The van der Waals surface area contributed by atoms with E-state index in [2.05, 4.69) is 4.74 Å². The maximum absolute atomic E-state index is 11.8. The molecule has 0 amide bonds. The lowest BCUT2D eigenvalue weighted by Gasteiger charge is -2.30. The Balaban J connectivity index is 2.57. The van der Waals surface area contributed by atoms with Gasteiger partial charge in [0, 0.05) is 18.7 Å². The molecule has 1 heterocycles. The van der Waals surface area contributed by atoms with E-state index < -0.39 is 16.6 Å². The van der Waals surface area contributed by atoms with E-state index in [-0.39, 0.29) is 5.70 Å². The lowest BCUT2D eigenvalue weighted by atomic mass is 10.1. The van der Waals surface area contributed by atoms with Gasteiger partial charge in [-0.2, -0.15) is 0 Å². The second kappa shape index (κ2) is 6.85. The standard InChI is InChI=1S/C14H16N2O5/c1-20-14(17)13(16(18)19)12(11-5-3-2-4-6-11)15-7-9-21-10-8-15/h2-6H,7-10H2,1H3/b13-12-. The average Bonchev–Trinajstić information content (AvgIpc) is 2.53. The van der Waals surface area contributed by atoms with E-state index in [1.165, 1.54) is 0 Å². The highest BCUT2D eigenvalue weighted by Gasteiger charge is 2.33. The fraction of sp³-hybridized carbons (Fsp3) is 0.357. The molecular formula is C14H16N2O5. The molecule has 0 atom stereocenters. The van der Waals surface area contributed by atoms with Crippen LogP contribution >= 0.6 is 0 Å². The van der Waals surface area contributed by atoms with Gasteiger partial charge in [-0.1, -0.05) is 30.3 Å². The van der Waals surface area contributed by atoms with Gasteiger partial charge in [0.1, 0.15) is 5.70 Å². The van der Waals surface area contributed by atoms with Crippen LogP contribution in [0, 0.1) is 10.1 Å². The molecule has 0 N–H and O–H groups in total. The zero-order valence-corrected chi connectivity index (χ0v) is 11.7. The first kappa shape index (κ1) is 15.0. The predicted molar refractivity (Wildman–Crippen MR) is 74.8 cm³/mol. The molecule has 1 aromatic carbocycles. The summed E-state index contributed by atoms with van der Waals surface area (Å²) < 4.78 is 9.83. The molecule has 0 spiro atoms. The number of ether oxygens (including phenoxy) is 2. The van der Waals surface area contributed by atoms with Crippen LogP contribution in [-0.2, 0) is 14.3 Å². The van der Waals surface area contributed by atoms with Crippen molar-refractivity contribution in [1.82, 2.24) is 4.90 Å². The van der Waals surface area contributed by atoms with Crippen molar-refractivity contribution in [3.05, 3.63) is 51.7 Å². The third-order valence-corrected chi connectivity index (χ3v) is 3.16. The lowest BCUT2D eigenvalue weighted by molar-refractivity contribution is -0.420. The quantitative estimate of drug-likeness (QED) is 0.358. The summed E-state index contributed by atoms with van der Waals surface area (Å²) >= 11 is 0. The van der Waals surface area contributed by atoms with Gasteiger partial charge in [0.15, 0.2) is 0 Å². The fourth-order valence-corrected chi connectivity index (χ4v) is 2.21. The summed E-state index contributed by atoms with van der Waals surface area (Å²) in [5.74, 6) is -0.953. The van der Waals surface area contributed by atoms with Crippen molar-refractivity contribution >= 4 is 11.7 Å². The van der Waals surface area contributed by atoms with Gasteiger partial charge in [-0.3, -0.25) is 10.1 Å². The molecule has 1 aromatic rings. The number of benzene rings is 1. The van der Waals surface area contributed by atoms with Crippen LogP contribution in [0.5, 0.6) is 0 Å². The van der Waals surface area contributed by atoms with Crippen molar-refractivity contribution in [3.8, 4) is 0 Å². The number of methoxy groups -OCH3 is 1. The van der Waals surface area contributed by atoms with Gasteiger partial charge in [-0.25, -0.2) is 4.79 Å². The number of carbonyl (C=O) groups excluding carboxylic acids is 1. The van der Waals surface area contributed by atoms with Gasteiger partial charge in [0.2, 0.25) is 0 Å². The first-order valence-electron chi connectivity index (χ1n) is 6.50. The molecule has 0 radical (unpaired) electrons. The molecule has 2 rings (SSSR count). The van der Waals surface area contributed by atoms with E-state index in [1.807, 2.05) is 6.07 Å². The van der Waals surface area contributed by atoms with Crippen LogP contribution in [-0.4, -0.2) is 49.2 Å².